The van der Waals surface area contributed by atoms with E-state index < -0.39 is 6.10 Å². The molecule has 1 unspecified atom stereocenters. The van der Waals surface area contributed by atoms with Crippen LogP contribution in [0.2, 0.25) is 5.02 Å². The molecule has 2 atom stereocenters. The van der Waals surface area contributed by atoms with Crippen LogP contribution < -0.4 is 5.32 Å². The molecule has 2 N–H and O–H groups in total. The minimum absolute atomic E-state index is 0.105. The molecule has 0 heterocycles. The summed E-state index contributed by atoms with van der Waals surface area (Å²) in [5.41, 5.74) is 1.04. The molecule has 1 aromatic carbocycles. The van der Waals surface area contributed by atoms with E-state index in [-0.39, 0.29) is 6.04 Å². The molecule has 0 aromatic heterocycles. The molecule has 0 fully saturated rings. The number of hydrogen-bond acceptors (Lipinski definition) is 3. The number of halogens is 1. The topological polar surface area (TPSA) is 41.5 Å². The van der Waals surface area contributed by atoms with Crippen LogP contribution >= 0.6 is 11.6 Å². The fourth-order valence-electron chi connectivity index (χ4n) is 1.75. The van der Waals surface area contributed by atoms with Gasteiger partial charge in [-0.15, -0.1) is 0 Å². The zero-order chi connectivity index (χ0) is 14.3. The van der Waals surface area contributed by atoms with Crippen LogP contribution in [0.3, 0.4) is 0 Å². The summed E-state index contributed by atoms with van der Waals surface area (Å²) in [5, 5.41) is 13.8. The first-order chi connectivity index (χ1) is 9.00. The van der Waals surface area contributed by atoms with Gasteiger partial charge in [0.15, 0.2) is 0 Å². The zero-order valence-corrected chi connectivity index (χ0v) is 12.7. The fourth-order valence-corrected chi connectivity index (χ4v) is 2.05. The Balaban J connectivity index is 2.30. The molecule has 0 bridgehead atoms. The summed E-state index contributed by atoms with van der Waals surface area (Å²) in [6.07, 6.45) is -0.497. The highest BCUT2D eigenvalue weighted by Crippen LogP contribution is 2.21. The molecule has 0 saturated heterocycles. The summed E-state index contributed by atoms with van der Waals surface area (Å²) in [4.78, 5) is 0. The van der Waals surface area contributed by atoms with Gasteiger partial charge in [-0.25, -0.2) is 0 Å². The summed E-state index contributed by atoms with van der Waals surface area (Å²) in [7, 11) is 0. The molecule has 0 amide bonds. The molecule has 1 aromatic rings. The van der Waals surface area contributed by atoms with E-state index >= 15 is 0 Å². The SMILES string of the molecule is CC(C)COCC(O)CN[C@@H](C)c1ccccc1Cl. The Kier molecular flexibility index (Phi) is 7.39. The molecule has 0 aliphatic rings. The molecular formula is C15H24ClNO2. The van der Waals surface area contributed by atoms with Crippen molar-refractivity contribution in [2.24, 2.45) is 5.92 Å². The number of hydrogen-bond donors (Lipinski definition) is 2. The predicted octanol–water partition coefficient (Wildman–Crippen LogP) is 3.02. The van der Waals surface area contributed by atoms with Gasteiger partial charge < -0.3 is 15.2 Å². The lowest BCUT2D eigenvalue weighted by Crippen LogP contribution is -2.32. The van der Waals surface area contributed by atoms with Crippen molar-refractivity contribution in [2.75, 3.05) is 19.8 Å². The normalized spacial score (nSPS) is 14.6. The highest BCUT2D eigenvalue weighted by Gasteiger charge is 2.11. The number of nitrogens with one attached hydrogen (secondary N) is 1. The third-order valence-corrected chi connectivity index (χ3v) is 3.14. The first-order valence-electron chi connectivity index (χ1n) is 6.74. The van der Waals surface area contributed by atoms with Crippen LogP contribution in [0.25, 0.3) is 0 Å². The van der Waals surface area contributed by atoms with Crippen molar-refractivity contribution in [2.45, 2.75) is 32.9 Å². The van der Waals surface area contributed by atoms with Crippen LogP contribution in [-0.4, -0.2) is 31.0 Å². The summed E-state index contributed by atoms with van der Waals surface area (Å²) < 4.78 is 5.40. The Morgan fingerprint density at radius 3 is 2.53 bits per heavy atom. The lowest BCUT2D eigenvalue weighted by molar-refractivity contribution is 0.0252. The molecule has 4 heteroatoms. The van der Waals surface area contributed by atoms with E-state index in [4.69, 9.17) is 16.3 Å². The Bertz CT molecular complexity index is 371. The van der Waals surface area contributed by atoms with Crippen LogP contribution in [0, 0.1) is 5.92 Å². The second-order valence-corrected chi connectivity index (χ2v) is 5.64. The molecule has 19 heavy (non-hydrogen) atoms. The number of aliphatic hydroxyl groups is 1. The second-order valence-electron chi connectivity index (χ2n) is 5.24. The molecule has 0 aliphatic heterocycles. The standard InChI is InChI=1S/C15H24ClNO2/c1-11(2)9-19-10-13(18)8-17-12(3)14-6-4-5-7-15(14)16/h4-7,11-13,17-18H,8-10H2,1-3H3/t12-,13?/m0/s1. The Hall–Kier alpha value is -0.610. The summed E-state index contributed by atoms with van der Waals surface area (Å²) in [5.74, 6) is 0.488. The van der Waals surface area contributed by atoms with E-state index in [1.807, 2.05) is 31.2 Å². The van der Waals surface area contributed by atoms with Gasteiger partial charge in [-0.1, -0.05) is 43.6 Å². The van der Waals surface area contributed by atoms with Crippen LogP contribution in [-0.2, 0) is 4.74 Å². The molecule has 0 aliphatic carbocycles. The quantitative estimate of drug-likeness (QED) is 0.771. The molecular weight excluding hydrogens is 262 g/mol. The van der Waals surface area contributed by atoms with Crippen LogP contribution in [0.15, 0.2) is 24.3 Å². The number of aliphatic hydroxyl groups excluding tert-OH is 1. The summed E-state index contributed by atoms with van der Waals surface area (Å²) in [6, 6.07) is 7.83. The number of rotatable bonds is 8. The monoisotopic (exact) mass is 285 g/mol. The summed E-state index contributed by atoms with van der Waals surface area (Å²) >= 11 is 6.13. The first-order valence-corrected chi connectivity index (χ1v) is 7.12. The van der Waals surface area contributed by atoms with E-state index in [2.05, 4.69) is 19.2 Å². The Morgan fingerprint density at radius 1 is 1.21 bits per heavy atom. The van der Waals surface area contributed by atoms with Gasteiger partial charge in [-0.2, -0.15) is 0 Å². The van der Waals surface area contributed by atoms with E-state index in [1.165, 1.54) is 0 Å². The minimum Gasteiger partial charge on any atom is -0.389 e. The van der Waals surface area contributed by atoms with Gasteiger partial charge in [0, 0.05) is 24.2 Å². The molecule has 0 saturated carbocycles. The average molecular weight is 286 g/mol. The van der Waals surface area contributed by atoms with Crippen molar-refractivity contribution in [3.63, 3.8) is 0 Å². The maximum Gasteiger partial charge on any atom is 0.0897 e. The first kappa shape index (κ1) is 16.4. The van der Waals surface area contributed by atoms with Gasteiger partial charge >= 0.3 is 0 Å². The minimum atomic E-state index is -0.497. The maximum absolute atomic E-state index is 9.81. The van der Waals surface area contributed by atoms with Crippen molar-refractivity contribution in [1.29, 1.82) is 0 Å². The van der Waals surface area contributed by atoms with E-state index in [0.717, 1.165) is 10.6 Å². The van der Waals surface area contributed by atoms with E-state index in [1.54, 1.807) is 0 Å². The van der Waals surface area contributed by atoms with Crippen molar-refractivity contribution < 1.29 is 9.84 Å². The van der Waals surface area contributed by atoms with Crippen molar-refractivity contribution in [1.82, 2.24) is 5.32 Å². The van der Waals surface area contributed by atoms with Gasteiger partial charge in [0.2, 0.25) is 0 Å². The highest BCUT2D eigenvalue weighted by atomic mass is 35.5. The van der Waals surface area contributed by atoms with Crippen LogP contribution in [0.1, 0.15) is 32.4 Å². The zero-order valence-electron chi connectivity index (χ0n) is 11.9. The van der Waals surface area contributed by atoms with Gasteiger partial charge in [0.25, 0.3) is 0 Å². The van der Waals surface area contributed by atoms with Gasteiger partial charge in [-0.3, -0.25) is 0 Å². The van der Waals surface area contributed by atoms with E-state index in [9.17, 15) is 5.11 Å². The molecule has 108 valence electrons. The average Bonchev–Trinajstić information content (AvgIpc) is 2.36. The van der Waals surface area contributed by atoms with Crippen molar-refractivity contribution in [3.05, 3.63) is 34.9 Å². The van der Waals surface area contributed by atoms with Crippen LogP contribution in [0.4, 0.5) is 0 Å². The molecule has 0 spiro atoms. The predicted molar refractivity (Wildman–Crippen MR) is 79.5 cm³/mol. The number of ether oxygens (including phenoxy) is 1. The van der Waals surface area contributed by atoms with Crippen LogP contribution in [0.5, 0.6) is 0 Å². The number of benzene rings is 1. The molecule has 3 nitrogen and oxygen atoms in total. The lowest BCUT2D eigenvalue weighted by Gasteiger charge is -2.18. The Labute approximate surface area is 120 Å². The van der Waals surface area contributed by atoms with Gasteiger partial charge in [0.1, 0.15) is 0 Å². The fraction of sp³-hybridized carbons (Fsp3) is 0.600. The largest absolute Gasteiger partial charge is 0.389 e. The van der Waals surface area contributed by atoms with Gasteiger partial charge in [0.05, 0.1) is 12.7 Å². The Morgan fingerprint density at radius 2 is 1.89 bits per heavy atom. The highest BCUT2D eigenvalue weighted by molar-refractivity contribution is 6.31. The maximum atomic E-state index is 9.81. The van der Waals surface area contributed by atoms with Crippen molar-refractivity contribution >= 4 is 11.6 Å². The second kappa shape index (κ2) is 8.54. The lowest BCUT2D eigenvalue weighted by atomic mass is 10.1. The summed E-state index contributed by atoms with van der Waals surface area (Å²) in [6.45, 7) is 7.74. The molecule has 1 rings (SSSR count). The third-order valence-electron chi connectivity index (χ3n) is 2.79. The molecule has 0 radical (unpaired) electrons. The smallest absolute Gasteiger partial charge is 0.0897 e. The third kappa shape index (κ3) is 6.39. The van der Waals surface area contributed by atoms with Crippen molar-refractivity contribution in [3.8, 4) is 0 Å². The van der Waals surface area contributed by atoms with E-state index in [0.29, 0.717) is 25.7 Å². The van der Waals surface area contributed by atoms with Gasteiger partial charge in [-0.05, 0) is 24.5 Å².